The molecule has 0 unspecified atom stereocenters. The lowest BCUT2D eigenvalue weighted by Crippen LogP contribution is -2.23. The van der Waals surface area contributed by atoms with E-state index < -0.39 is 28.9 Å². The first kappa shape index (κ1) is 16.4. The van der Waals surface area contributed by atoms with E-state index in [1.165, 1.54) is 24.0 Å². The molecule has 0 atom stereocenters. The average molecular weight is 320 g/mol. The number of phenols is 1. The van der Waals surface area contributed by atoms with Crippen LogP contribution in [0.25, 0.3) is 0 Å². The normalized spacial score (nSPS) is 10.3. The lowest BCUT2D eigenvalue weighted by Gasteiger charge is -2.16. The van der Waals surface area contributed by atoms with E-state index in [0.717, 1.165) is 0 Å². The van der Waals surface area contributed by atoms with Crippen molar-refractivity contribution < 1.29 is 23.5 Å². The van der Waals surface area contributed by atoms with Crippen molar-refractivity contribution in [2.45, 2.75) is 6.92 Å². The molecular weight excluding hydrogens is 306 g/mol. The van der Waals surface area contributed by atoms with Gasteiger partial charge in [-0.3, -0.25) is 9.59 Å². The van der Waals surface area contributed by atoms with Crippen LogP contribution in [0.15, 0.2) is 36.4 Å². The Morgan fingerprint density at radius 1 is 1.17 bits per heavy atom. The first-order chi connectivity index (χ1) is 10.8. The van der Waals surface area contributed by atoms with E-state index in [0.29, 0.717) is 23.5 Å². The van der Waals surface area contributed by atoms with Crippen LogP contribution >= 0.6 is 0 Å². The van der Waals surface area contributed by atoms with Crippen LogP contribution < -0.4 is 10.2 Å². The molecule has 0 fully saturated rings. The number of carbonyl (C=O) groups excluding carboxylic acids is 2. The molecule has 7 heteroatoms. The summed E-state index contributed by atoms with van der Waals surface area (Å²) in [6.07, 6.45) is 0. The number of amides is 2. The van der Waals surface area contributed by atoms with E-state index in [4.69, 9.17) is 0 Å². The summed E-state index contributed by atoms with van der Waals surface area (Å²) in [5.74, 6) is -4.08. The van der Waals surface area contributed by atoms with Gasteiger partial charge in [-0.1, -0.05) is 6.07 Å². The smallest absolute Gasteiger partial charge is 0.262 e. The molecule has 5 nitrogen and oxygen atoms in total. The second-order valence-corrected chi connectivity index (χ2v) is 4.86. The molecule has 2 N–H and O–H groups in total. The standard InChI is InChI=1S/C16H14F2N2O3/c1-9(21)20(2)12-5-3-4-11(8-12)19-16(23)15-13(18)6-10(17)7-14(15)22/h3-8,22H,1-2H3,(H,19,23). The van der Waals surface area contributed by atoms with Crippen LogP contribution in [0.3, 0.4) is 0 Å². The molecule has 2 aromatic rings. The van der Waals surface area contributed by atoms with E-state index in [-0.39, 0.29) is 5.91 Å². The van der Waals surface area contributed by atoms with Crippen molar-refractivity contribution in [1.82, 2.24) is 0 Å². The van der Waals surface area contributed by atoms with Crippen molar-refractivity contribution in [1.29, 1.82) is 0 Å². The lowest BCUT2D eigenvalue weighted by atomic mass is 10.1. The van der Waals surface area contributed by atoms with Crippen LogP contribution in [0.4, 0.5) is 20.2 Å². The number of halogens is 2. The molecule has 2 rings (SSSR count). The zero-order chi connectivity index (χ0) is 17.1. The van der Waals surface area contributed by atoms with E-state index in [2.05, 4.69) is 5.32 Å². The van der Waals surface area contributed by atoms with Crippen LogP contribution in [0.5, 0.6) is 5.75 Å². The minimum absolute atomic E-state index is 0.198. The first-order valence-corrected chi connectivity index (χ1v) is 6.63. The zero-order valence-corrected chi connectivity index (χ0v) is 12.4. The predicted molar refractivity (Wildman–Crippen MR) is 81.5 cm³/mol. The number of nitrogens with zero attached hydrogens (tertiary/aromatic N) is 1. The summed E-state index contributed by atoms with van der Waals surface area (Å²) in [6.45, 7) is 1.39. The van der Waals surface area contributed by atoms with Gasteiger partial charge < -0.3 is 15.3 Å². The van der Waals surface area contributed by atoms with Crippen LogP contribution in [0.1, 0.15) is 17.3 Å². The quantitative estimate of drug-likeness (QED) is 0.913. The summed E-state index contributed by atoms with van der Waals surface area (Å²) in [5, 5.41) is 11.9. The van der Waals surface area contributed by atoms with Crippen molar-refractivity contribution in [3.63, 3.8) is 0 Å². The third-order valence-corrected chi connectivity index (χ3v) is 3.22. The molecule has 2 amide bonds. The van der Waals surface area contributed by atoms with Gasteiger partial charge in [-0.2, -0.15) is 0 Å². The summed E-state index contributed by atoms with van der Waals surface area (Å²) < 4.78 is 26.6. The number of hydrogen-bond acceptors (Lipinski definition) is 3. The molecule has 0 saturated heterocycles. The Morgan fingerprint density at radius 2 is 1.87 bits per heavy atom. The molecule has 0 spiro atoms. The SMILES string of the molecule is CC(=O)N(C)c1cccc(NC(=O)c2c(O)cc(F)cc2F)c1. The van der Waals surface area contributed by atoms with Gasteiger partial charge in [-0.25, -0.2) is 8.78 Å². The van der Waals surface area contributed by atoms with Gasteiger partial charge in [-0.05, 0) is 18.2 Å². The third-order valence-electron chi connectivity index (χ3n) is 3.22. The lowest BCUT2D eigenvalue weighted by molar-refractivity contribution is -0.116. The van der Waals surface area contributed by atoms with Crippen molar-refractivity contribution in [2.24, 2.45) is 0 Å². The average Bonchev–Trinajstić information content (AvgIpc) is 2.45. The van der Waals surface area contributed by atoms with Gasteiger partial charge in [-0.15, -0.1) is 0 Å². The maximum Gasteiger partial charge on any atom is 0.262 e. The summed E-state index contributed by atoms with van der Waals surface area (Å²) in [5.41, 5.74) is 0.166. The molecule has 0 bridgehead atoms. The van der Waals surface area contributed by atoms with E-state index in [1.807, 2.05) is 0 Å². The molecule has 0 aliphatic rings. The number of carbonyl (C=O) groups is 2. The fraction of sp³-hybridized carbons (Fsp3) is 0.125. The summed E-state index contributed by atoms with van der Waals surface area (Å²) >= 11 is 0. The topological polar surface area (TPSA) is 69.6 Å². The Hall–Kier alpha value is -2.96. The molecule has 2 aromatic carbocycles. The minimum Gasteiger partial charge on any atom is -0.507 e. The second kappa shape index (κ2) is 6.43. The molecule has 0 saturated carbocycles. The van der Waals surface area contributed by atoms with Crippen molar-refractivity contribution >= 4 is 23.2 Å². The van der Waals surface area contributed by atoms with E-state index in [1.54, 1.807) is 19.2 Å². The minimum atomic E-state index is -1.17. The highest BCUT2D eigenvalue weighted by atomic mass is 19.1. The predicted octanol–water partition coefficient (Wildman–Crippen LogP) is 2.91. The van der Waals surface area contributed by atoms with Crippen molar-refractivity contribution in [2.75, 3.05) is 17.3 Å². The maximum absolute atomic E-state index is 13.7. The van der Waals surface area contributed by atoms with Crippen LogP contribution in [-0.2, 0) is 4.79 Å². The molecule has 0 aromatic heterocycles. The first-order valence-electron chi connectivity index (χ1n) is 6.63. The van der Waals surface area contributed by atoms with Gasteiger partial charge in [0.2, 0.25) is 5.91 Å². The summed E-state index contributed by atoms with van der Waals surface area (Å²) in [4.78, 5) is 24.8. The zero-order valence-electron chi connectivity index (χ0n) is 12.4. The van der Waals surface area contributed by atoms with Gasteiger partial charge in [0, 0.05) is 37.5 Å². The Morgan fingerprint density at radius 3 is 2.48 bits per heavy atom. The van der Waals surface area contributed by atoms with Gasteiger partial charge in [0.15, 0.2) is 0 Å². The van der Waals surface area contributed by atoms with Crippen molar-refractivity contribution in [3.8, 4) is 5.75 Å². The highest BCUT2D eigenvalue weighted by Crippen LogP contribution is 2.24. The molecule has 120 valence electrons. The van der Waals surface area contributed by atoms with Gasteiger partial charge in [0.1, 0.15) is 22.9 Å². The molecule has 0 aliphatic carbocycles. The molecule has 0 radical (unpaired) electrons. The maximum atomic E-state index is 13.7. The summed E-state index contributed by atoms with van der Waals surface area (Å²) in [6, 6.07) is 7.47. The van der Waals surface area contributed by atoms with Crippen LogP contribution in [-0.4, -0.2) is 24.0 Å². The number of phenolic OH excluding ortho intramolecular Hbond substituents is 1. The Labute approximate surface area is 131 Å². The van der Waals surface area contributed by atoms with Gasteiger partial charge in [0.25, 0.3) is 5.91 Å². The van der Waals surface area contributed by atoms with Crippen molar-refractivity contribution in [3.05, 3.63) is 53.6 Å². The fourth-order valence-electron chi connectivity index (χ4n) is 1.95. The highest BCUT2D eigenvalue weighted by molar-refractivity contribution is 6.06. The van der Waals surface area contributed by atoms with Crippen LogP contribution in [0, 0.1) is 11.6 Å². The van der Waals surface area contributed by atoms with Gasteiger partial charge >= 0.3 is 0 Å². The number of rotatable bonds is 3. The largest absolute Gasteiger partial charge is 0.507 e. The van der Waals surface area contributed by atoms with Gasteiger partial charge in [0.05, 0.1) is 0 Å². The highest BCUT2D eigenvalue weighted by Gasteiger charge is 2.19. The fourth-order valence-corrected chi connectivity index (χ4v) is 1.95. The monoisotopic (exact) mass is 320 g/mol. The van der Waals surface area contributed by atoms with Crippen LogP contribution in [0.2, 0.25) is 0 Å². The molecule has 0 aliphatic heterocycles. The number of hydrogen-bond donors (Lipinski definition) is 2. The van der Waals surface area contributed by atoms with E-state index in [9.17, 15) is 23.5 Å². The molecule has 0 heterocycles. The number of aromatic hydroxyl groups is 1. The number of benzene rings is 2. The van der Waals surface area contributed by atoms with E-state index >= 15 is 0 Å². The third kappa shape index (κ3) is 3.63. The molecular formula is C16H14F2N2O3. The number of anilines is 2. The summed E-state index contributed by atoms with van der Waals surface area (Å²) in [7, 11) is 1.56. The Bertz CT molecular complexity index is 755. The molecule has 23 heavy (non-hydrogen) atoms. The Kier molecular flexibility index (Phi) is 4.59. The second-order valence-electron chi connectivity index (χ2n) is 4.86. The Balaban J connectivity index is 2.28. The number of nitrogens with one attached hydrogen (secondary N) is 1.